The van der Waals surface area contributed by atoms with Gasteiger partial charge in [-0.05, 0) is 80.4 Å². The molecule has 0 spiro atoms. The Kier molecular flexibility index (Phi) is 5.48. The van der Waals surface area contributed by atoms with Crippen molar-refractivity contribution in [1.82, 2.24) is 9.55 Å². The molecule has 0 amide bonds. The van der Waals surface area contributed by atoms with Gasteiger partial charge in [-0.1, -0.05) is 12.1 Å². The number of aromatic nitrogens is 2. The molecule has 0 atom stereocenters. The predicted octanol–water partition coefficient (Wildman–Crippen LogP) is 4.12. The molecule has 0 fully saturated rings. The zero-order valence-corrected chi connectivity index (χ0v) is 19.0. The Labute approximate surface area is 186 Å². The van der Waals surface area contributed by atoms with Gasteiger partial charge in [0.1, 0.15) is 11.6 Å². The zero-order valence-electron chi connectivity index (χ0n) is 18.2. The number of anilines is 1. The van der Waals surface area contributed by atoms with Crippen LogP contribution in [0.1, 0.15) is 17.0 Å². The number of aryl methyl sites for hydroxylation is 3. The van der Waals surface area contributed by atoms with Crippen molar-refractivity contribution in [3.63, 3.8) is 0 Å². The van der Waals surface area contributed by atoms with Crippen LogP contribution in [0.15, 0.2) is 70.4 Å². The Morgan fingerprint density at radius 1 is 0.938 bits per heavy atom. The Bertz CT molecular complexity index is 1510. The van der Waals surface area contributed by atoms with Gasteiger partial charge in [-0.15, -0.1) is 0 Å². The van der Waals surface area contributed by atoms with E-state index in [1.54, 1.807) is 69.3 Å². The van der Waals surface area contributed by atoms with E-state index in [9.17, 15) is 13.2 Å². The monoisotopic (exact) mass is 449 g/mol. The third-order valence-corrected chi connectivity index (χ3v) is 6.70. The number of benzene rings is 3. The number of sulfonamides is 1. The fourth-order valence-corrected chi connectivity index (χ4v) is 4.89. The summed E-state index contributed by atoms with van der Waals surface area (Å²) < 4.78 is 35.2. The number of nitrogens with zero attached hydrogens (tertiary/aromatic N) is 2. The molecule has 0 radical (unpaired) electrons. The van der Waals surface area contributed by atoms with Gasteiger partial charge in [0, 0.05) is 0 Å². The van der Waals surface area contributed by atoms with Crippen molar-refractivity contribution in [3.05, 3.63) is 88.0 Å². The van der Waals surface area contributed by atoms with E-state index >= 15 is 0 Å². The summed E-state index contributed by atoms with van der Waals surface area (Å²) in [4.78, 5) is 17.7. The molecule has 8 heteroatoms. The van der Waals surface area contributed by atoms with Crippen LogP contribution in [0.2, 0.25) is 0 Å². The van der Waals surface area contributed by atoms with Crippen LogP contribution in [0.3, 0.4) is 0 Å². The molecule has 0 unspecified atom stereocenters. The molecule has 4 aromatic rings. The molecule has 164 valence electrons. The van der Waals surface area contributed by atoms with Crippen LogP contribution in [0.4, 0.5) is 5.69 Å². The van der Waals surface area contributed by atoms with Crippen LogP contribution in [-0.4, -0.2) is 25.1 Å². The van der Waals surface area contributed by atoms with E-state index in [-0.39, 0.29) is 10.5 Å². The van der Waals surface area contributed by atoms with Gasteiger partial charge in [0.25, 0.3) is 15.6 Å². The molecule has 4 rings (SSSR count). The molecule has 0 aliphatic heterocycles. The van der Waals surface area contributed by atoms with Gasteiger partial charge >= 0.3 is 0 Å². The first-order valence-corrected chi connectivity index (χ1v) is 11.5. The van der Waals surface area contributed by atoms with Crippen molar-refractivity contribution in [2.45, 2.75) is 25.7 Å². The summed E-state index contributed by atoms with van der Waals surface area (Å²) in [5.41, 5.74) is 2.92. The van der Waals surface area contributed by atoms with Gasteiger partial charge in [0.2, 0.25) is 0 Å². The molecule has 0 saturated heterocycles. The molecule has 32 heavy (non-hydrogen) atoms. The smallest absolute Gasteiger partial charge is 0.265 e. The van der Waals surface area contributed by atoms with Gasteiger partial charge in [-0.2, -0.15) is 0 Å². The topological polar surface area (TPSA) is 90.3 Å². The van der Waals surface area contributed by atoms with E-state index in [0.717, 1.165) is 5.56 Å². The lowest BCUT2D eigenvalue weighted by Gasteiger charge is -2.15. The molecule has 1 heterocycles. The summed E-state index contributed by atoms with van der Waals surface area (Å²) in [6.07, 6.45) is 0. The van der Waals surface area contributed by atoms with Crippen molar-refractivity contribution >= 4 is 26.6 Å². The fourth-order valence-electron chi connectivity index (χ4n) is 3.67. The van der Waals surface area contributed by atoms with Crippen molar-refractivity contribution in [3.8, 4) is 11.4 Å². The van der Waals surface area contributed by atoms with E-state index in [4.69, 9.17) is 4.74 Å². The Morgan fingerprint density at radius 3 is 2.38 bits per heavy atom. The molecule has 7 nitrogen and oxygen atoms in total. The summed E-state index contributed by atoms with van der Waals surface area (Å²) in [6, 6.07) is 17.0. The third-order valence-electron chi connectivity index (χ3n) is 5.33. The van der Waals surface area contributed by atoms with E-state index in [0.29, 0.717) is 39.4 Å². The molecule has 0 saturated carbocycles. The minimum atomic E-state index is -3.79. The van der Waals surface area contributed by atoms with Crippen LogP contribution in [0, 0.1) is 20.8 Å². The lowest BCUT2D eigenvalue weighted by molar-refractivity contribution is 0.411. The van der Waals surface area contributed by atoms with Crippen molar-refractivity contribution in [2.24, 2.45) is 0 Å². The molecule has 0 bridgehead atoms. The number of rotatable bonds is 5. The average molecular weight is 450 g/mol. The summed E-state index contributed by atoms with van der Waals surface area (Å²) in [5.74, 6) is 1.17. The number of nitrogens with one attached hydrogen (secondary N) is 1. The van der Waals surface area contributed by atoms with Gasteiger partial charge in [0.05, 0.1) is 34.3 Å². The number of hydrogen-bond acceptors (Lipinski definition) is 5. The molecule has 3 aromatic carbocycles. The third kappa shape index (κ3) is 3.85. The van der Waals surface area contributed by atoms with Gasteiger partial charge in [-0.3, -0.25) is 14.1 Å². The number of para-hydroxylation sites is 1. The molecular formula is C24H23N3O4S. The second-order valence-corrected chi connectivity index (χ2v) is 9.24. The molecule has 1 aromatic heterocycles. The number of methoxy groups -OCH3 is 1. The first-order chi connectivity index (χ1) is 15.2. The summed E-state index contributed by atoms with van der Waals surface area (Å²) in [5, 5.41) is 0.524. The fraction of sp³-hybridized carbons (Fsp3) is 0.167. The largest absolute Gasteiger partial charge is 0.496 e. The average Bonchev–Trinajstić information content (AvgIpc) is 2.75. The quantitative estimate of drug-likeness (QED) is 0.495. The highest BCUT2D eigenvalue weighted by Crippen LogP contribution is 2.26. The SMILES string of the molecule is COc1ccc(S(=O)(=O)Nc2ccc(-n3c(C)nc4ccccc4c3=O)cc2C)cc1C. The van der Waals surface area contributed by atoms with Gasteiger partial charge in [-0.25, -0.2) is 13.4 Å². The number of fused-ring (bicyclic) bond motifs is 1. The summed E-state index contributed by atoms with van der Waals surface area (Å²) in [6.45, 7) is 5.34. The normalized spacial score (nSPS) is 11.5. The number of hydrogen-bond donors (Lipinski definition) is 1. The Morgan fingerprint density at radius 2 is 1.69 bits per heavy atom. The van der Waals surface area contributed by atoms with Crippen LogP contribution < -0.4 is 15.0 Å². The van der Waals surface area contributed by atoms with E-state index in [1.165, 1.54) is 17.7 Å². The zero-order chi connectivity index (χ0) is 23.0. The highest BCUT2D eigenvalue weighted by Gasteiger charge is 2.18. The van der Waals surface area contributed by atoms with Crippen molar-refractivity contribution in [2.75, 3.05) is 11.8 Å². The van der Waals surface area contributed by atoms with Gasteiger partial charge in [0.15, 0.2) is 0 Å². The predicted molar refractivity (Wildman–Crippen MR) is 125 cm³/mol. The lowest BCUT2D eigenvalue weighted by atomic mass is 10.1. The second-order valence-electron chi connectivity index (χ2n) is 7.55. The summed E-state index contributed by atoms with van der Waals surface area (Å²) in [7, 11) is -2.25. The molecular weight excluding hydrogens is 426 g/mol. The maximum absolute atomic E-state index is 13.0. The van der Waals surface area contributed by atoms with Crippen LogP contribution in [0.25, 0.3) is 16.6 Å². The first kappa shape index (κ1) is 21.6. The van der Waals surface area contributed by atoms with Crippen molar-refractivity contribution in [1.29, 1.82) is 0 Å². The summed E-state index contributed by atoms with van der Waals surface area (Å²) >= 11 is 0. The molecule has 0 aliphatic rings. The van der Waals surface area contributed by atoms with Crippen LogP contribution in [-0.2, 0) is 10.0 Å². The minimum absolute atomic E-state index is 0.144. The maximum Gasteiger partial charge on any atom is 0.265 e. The highest BCUT2D eigenvalue weighted by molar-refractivity contribution is 7.92. The second kappa shape index (κ2) is 8.12. The molecule has 0 aliphatic carbocycles. The van der Waals surface area contributed by atoms with Crippen LogP contribution >= 0.6 is 0 Å². The highest BCUT2D eigenvalue weighted by atomic mass is 32.2. The van der Waals surface area contributed by atoms with E-state index in [1.807, 2.05) is 6.07 Å². The Balaban J connectivity index is 1.71. The van der Waals surface area contributed by atoms with E-state index in [2.05, 4.69) is 9.71 Å². The van der Waals surface area contributed by atoms with Crippen LogP contribution in [0.5, 0.6) is 5.75 Å². The first-order valence-electron chi connectivity index (χ1n) is 9.98. The standard InChI is InChI=1S/C24H23N3O4S/c1-15-13-18(27-17(3)25-22-8-6-5-7-20(22)24(27)28)9-11-21(15)26-32(29,30)19-10-12-23(31-4)16(2)14-19/h5-14,26H,1-4H3. The molecule has 1 N–H and O–H groups in total. The minimum Gasteiger partial charge on any atom is -0.496 e. The van der Waals surface area contributed by atoms with E-state index < -0.39 is 10.0 Å². The van der Waals surface area contributed by atoms with Crippen molar-refractivity contribution < 1.29 is 13.2 Å². The van der Waals surface area contributed by atoms with Gasteiger partial charge < -0.3 is 4.74 Å². The Hall–Kier alpha value is -3.65. The maximum atomic E-state index is 13.0. The lowest BCUT2D eigenvalue weighted by Crippen LogP contribution is -2.22. The number of ether oxygens (including phenoxy) is 1.